The van der Waals surface area contributed by atoms with E-state index in [2.05, 4.69) is 5.32 Å². The van der Waals surface area contributed by atoms with Gasteiger partial charge in [-0.25, -0.2) is 4.39 Å². The van der Waals surface area contributed by atoms with Crippen molar-refractivity contribution in [3.63, 3.8) is 0 Å². The van der Waals surface area contributed by atoms with Gasteiger partial charge in [0.2, 0.25) is 11.8 Å². The smallest absolute Gasteiger partial charge is 0.242 e. The third-order valence-corrected chi connectivity index (χ3v) is 5.16. The van der Waals surface area contributed by atoms with Crippen LogP contribution in [0.25, 0.3) is 0 Å². The van der Waals surface area contributed by atoms with E-state index in [4.69, 9.17) is 11.6 Å². The van der Waals surface area contributed by atoms with Crippen LogP contribution in [0.1, 0.15) is 37.8 Å². The van der Waals surface area contributed by atoms with Gasteiger partial charge in [0, 0.05) is 23.7 Å². The van der Waals surface area contributed by atoms with Gasteiger partial charge in [0.05, 0.1) is 6.42 Å². The molecule has 0 saturated heterocycles. The Labute approximate surface area is 177 Å². The number of carbonyl (C=O) groups is 2. The van der Waals surface area contributed by atoms with Crippen LogP contribution in [-0.2, 0) is 22.4 Å². The van der Waals surface area contributed by atoms with Crippen LogP contribution in [0.3, 0.4) is 0 Å². The van der Waals surface area contributed by atoms with Crippen molar-refractivity contribution >= 4 is 23.4 Å². The Morgan fingerprint density at radius 2 is 1.83 bits per heavy atom. The molecule has 156 valence electrons. The van der Waals surface area contributed by atoms with E-state index in [1.54, 1.807) is 11.0 Å². The lowest BCUT2D eigenvalue weighted by Crippen LogP contribution is -2.50. The third-order valence-electron chi connectivity index (χ3n) is 4.81. The topological polar surface area (TPSA) is 49.4 Å². The van der Waals surface area contributed by atoms with Gasteiger partial charge in [-0.1, -0.05) is 61.8 Å². The molecule has 2 rings (SSSR count). The van der Waals surface area contributed by atoms with E-state index in [0.29, 0.717) is 25.9 Å². The molecule has 0 saturated carbocycles. The molecule has 6 heteroatoms. The van der Waals surface area contributed by atoms with Crippen LogP contribution in [0.5, 0.6) is 0 Å². The fourth-order valence-electron chi connectivity index (χ4n) is 3.22. The summed E-state index contributed by atoms with van der Waals surface area (Å²) in [7, 11) is 0. The minimum Gasteiger partial charge on any atom is -0.354 e. The first kappa shape index (κ1) is 22.9. The van der Waals surface area contributed by atoms with Crippen molar-refractivity contribution in [2.45, 2.75) is 45.6 Å². The summed E-state index contributed by atoms with van der Waals surface area (Å²) in [6.07, 6.45) is 1.71. The van der Waals surface area contributed by atoms with Gasteiger partial charge in [-0.2, -0.15) is 0 Å². The summed E-state index contributed by atoms with van der Waals surface area (Å²) < 4.78 is 14.2. The zero-order valence-corrected chi connectivity index (χ0v) is 17.7. The zero-order valence-electron chi connectivity index (χ0n) is 17.0. The summed E-state index contributed by atoms with van der Waals surface area (Å²) in [4.78, 5) is 27.4. The molecule has 0 fully saturated rings. The van der Waals surface area contributed by atoms with Crippen LogP contribution < -0.4 is 5.32 Å². The number of amides is 2. The molecule has 0 aliphatic heterocycles. The largest absolute Gasteiger partial charge is 0.354 e. The molecule has 2 amide bonds. The number of benzene rings is 2. The Morgan fingerprint density at radius 1 is 1.10 bits per heavy atom. The summed E-state index contributed by atoms with van der Waals surface area (Å²) in [5, 5.41) is 3.08. The number of nitrogens with one attached hydrogen (secondary N) is 1. The second-order valence-electron chi connectivity index (χ2n) is 6.91. The Morgan fingerprint density at radius 3 is 2.45 bits per heavy atom. The average Bonchev–Trinajstić information content (AvgIpc) is 2.72. The molecule has 0 bridgehead atoms. The second-order valence-corrected chi connectivity index (χ2v) is 7.32. The molecule has 4 nitrogen and oxygen atoms in total. The maximum Gasteiger partial charge on any atom is 0.242 e. The van der Waals surface area contributed by atoms with Gasteiger partial charge in [0.15, 0.2) is 0 Å². The lowest BCUT2D eigenvalue weighted by molar-refractivity contribution is -0.140. The van der Waals surface area contributed by atoms with Crippen LogP contribution in [0.15, 0.2) is 48.5 Å². The lowest BCUT2D eigenvalue weighted by Gasteiger charge is -2.31. The predicted molar refractivity (Wildman–Crippen MR) is 114 cm³/mol. The molecule has 0 heterocycles. The quantitative estimate of drug-likeness (QED) is 0.621. The average molecular weight is 419 g/mol. The molecule has 0 aromatic heterocycles. The minimum atomic E-state index is -0.608. The summed E-state index contributed by atoms with van der Waals surface area (Å²) in [6.45, 7) is 4.76. The molecule has 29 heavy (non-hydrogen) atoms. The van der Waals surface area contributed by atoms with Crippen LogP contribution in [0, 0.1) is 5.82 Å². The molecular formula is C23H28ClFN2O2. The van der Waals surface area contributed by atoms with Crippen molar-refractivity contribution in [2.24, 2.45) is 0 Å². The molecule has 2 aromatic rings. The lowest BCUT2D eigenvalue weighted by atomic mass is 10.1. The molecule has 0 aliphatic rings. The van der Waals surface area contributed by atoms with E-state index < -0.39 is 11.9 Å². The van der Waals surface area contributed by atoms with Gasteiger partial charge in [-0.05, 0) is 37.0 Å². The molecule has 0 unspecified atom stereocenters. The maximum atomic E-state index is 14.2. The standard InChI is InChI=1S/C23H28ClFN2O2/c1-3-14-26-23(29)21(4-2)27(15-13-17-9-6-5-7-10-17)22(28)16-18-19(24)11-8-12-20(18)25/h5-12,21H,3-4,13-16H2,1-2H3,(H,26,29)/t21-/m1/s1. The highest BCUT2D eigenvalue weighted by atomic mass is 35.5. The van der Waals surface area contributed by atoms with Crippen LogP contribution >= 0.6 is 11.6 Å². The van der Waals surface area contributed by atoms with Crippen molar-refractivity contribution in [1.29, 1.82) is 0 Å². The molecule has 1 atom stereocenters. The fourth-order valence-corrected chi connectivity index (χ4v) is 3.45. The summed E-state index contributed by atoms with van der Waals surface area (Å²) in [5.74, 6) is -1.01. The van der Waals surface area contributed by atoms with Gasteiger partial charge < -0.3 is 10.2 Å². The molecular weight excluding hydrogens is 391 g/mol. The van der Waals surface area contributed by atoms with E-state index in [1.165, 1.54) is 12.1 Å². The van der Waals surface area contributed by atoms with Gasteiger partial charge >= 0.3 is 0 Å². The highest BCUT2D eigenvalue weighted by Crippen LogP contribution is 2.21. The number of hydrogen-bond donors (Lipinski definition) is 1. The normalized spacial score (nSPS) is 11.7. The van der Waals surface area contributed by atoms with Crippen LogP contribution in [-0.4, -0.2) is 35.8 Å². The van der Waals surface area contributed by atoms with Crippen LogP contribution in [0.2, 0.25) is 5.02 Å². The van der Waals surface area contributed by atoms with E-state index in [9.17, 15) is 14.0 Å². The van der Waals surface area contributed by atoms with Crippen molar-refractivity contribution < 1.29 is 14.0 Å². The van der Waals surface area contributed by atoms with Gasteiger partial charge in [-0.3, -0.25) is 9.59 Å². The van der Waals surface area contributed by atoms with Gasteiger partial charge in [0.25, 0.3) is 0 Å². The number of carbonyl (C=O) groups excluding carboxylic acids is 2. The van der Waals surface area contributed by atoms with Crippen LogP contribution in [0.4, 0.5) is 4.39 Å². The van der Waals surface area contributed by atoms with Gasteiger partial charge in [-0.15, -0.1) is 0 Å². The molecule has 0 radical (unpaired) electrons. The first-order valence-electron chi connectivity index (χ1n) is 10.0. The van der Waals surface area contributed by atoms with E-state index in [0.717, 1.165) is 12.0 Å². The fraction of sp³-hybridized carbons (Fsp3) is 0.391. The highest BCUT2D eigenvalue weighted by molar-refractivity contribution is 6.31. The van der Waals surface area contributed by atoms with E-state index in [-0.39, 0.29) is 28.8 Å². The summed E-state index contributed by atoms with van der Waals surface area (Å²) in [5.41, 5.74) is 1.23. The van der Waals surface area contributed by atoms with Crippen molar-refractivity contribution in [2.75, 3.05) is 13.1 Å². The van der Waals surface area contributed by atoms with Crippen molar-refractivity contribution in [3.8, 4) is 0 Å². The molecule has 2 aromatic carbocycles. The minimum absolute atomic E-state index is 0.160. The first-order valence-corrected chi connectivity index (χ1v) is 10.4. The Balaban J connectivity index is 2.23. The summed E-state index contributed by atoms with van der Waals surface area (Å²) in [6, 6.07) is 13.5. The number of hydrogen-bond acceptors (Lipinski definition) is 2. The SMILES string of the molecule is CCCNC(=O)[C@@H](CC)N(CCc1ccccc1)C(=O)Cc1c(F)cccc1Cl. The Kier molecular flexibility index (Phi) is 9.13. The van der Waals surface area contributed by atoms with Crippen molar-refractivity contribution in [1.82, 2.24) is 10.2 Å². The number of rotatable bonds is 10. The van der Waals surface area contributed by atoms with E-state index in [1.807, 2.05) is 44.2 Å². The second kappa shape index (κ2) is 11.6. The van der Waals surface area contributed by atoms with Crippen molar-refractivity contribution in [3.05, 3.63) is 70.5 Å². The monoisotopic (exact) mass is 418 g/mol. The summed E-state index contributed by atoms with van der Waals surface area (Å²) >= 11 is 6.11. The number of halogens is 2. The predicted octanol–water partition coefficient (Wildman–Crippen LogP) is 4.40. The zero-order chi connectivity index (χ0) is 21.2. The first-order chi connectivity index (χ1) is 14.0. The molecule has 0 spiro atoms. The third kappa shape index (κ3) is 6.57. The molecule has 1 N–H and O–H groups in total. The maximum absolute atomic E-state index is 14.2. The number of nitrogens with zero attached hydrogens (tertiary/aromatic N) is 1. The Hall–Kier alpha value is -2.40. The highest BCUT2D eigenvalue weighted by Gasteiger charge is 2.29. The van der Waals surface area contributed by atoms with Gasteiger partial charge in [0.1, 0.15) is 11.9 Å². The molecule has 0 aliphatic carbocycles. The Bertz CT molecular complexity index is 794. The van der Waals surface area contributed by atoms with E-state index >= 15 is 0 Å².